The van der Waals surface area contributed by atoms with Crippen molar-refractivity contribution < 1.29 is 23.5 Å². The molecule has 0 radical (unpaired) electrons. The lowest BCUT2D eigenvalue weighted by atomic mass is 10.0. The molecule has 1 aliphatic rings. The highest BCUT2D eigenvalue weighted by Gasteiger charge is 2.23. The molecule has 0 aliphatic carbocycles. The van der Waals surface area contributed by atoms with Gasteiger partial charge in [-0.15, -0.1) is 0 Å². The van der Waals surface area contributed by atoms with E-state index in [4.69, 9.17) is 16.3 Å². The number of hydrogen-bond donors (Lipinski definition) is 1. The molecule has 1 fully saturated rings. The first-order chi connectivity index (χ1) is 15.3. The summed E-state index contributed by atoms with van der Waals surface area (Å²) < 4.78 is 18.3. The summed E-state index contributed by atoms with van der Waals surface area (Å²) in [6.07, 6.45) is -0.104. The number of nitrogens with zero attached hydrogens (tertiary/aromatic N) is 2. The highest BCUT2D eigenvalue weighted by molar-refractivity contribution is 6.30. The molecule has 0 aromatic heterocycles. The molecule has 1 saturated heterocycles. The Labute approximate surface area is 191 Å². The van der Waals surface area contributed by atoms with Crippen molar-refractivity contribution >= 4 is 35.1 Å². The van der Waals surface area contributed by atoms with Gasteiger partial charge in [0, 0.05) is 43.8 Å². The van der Waals surface area contributed by atoms with Crippen LogP contribution in [0.15, 0.2) is 48.5 Å². The highest BCUT2D eigenvalue weighted by atomic mass is 35.5. The lowest BCUT2D eigenvalue weighted by Gasteiger charge is -2.36. The summed E-state index contributed by atoms with van der Waals surface area (Å²) in [6.45, 7) is 3.17. The summed E-state index contributed by atoms with van der Waals surface area (Å²) in [5.41, 5.74) is 1.61. The molecule has 2 amide bonds. The van der Waals surface area contributed by atoms with E-state index in [-0.39, 0.29) is 30.7 Å². The van der Waals surface area contributed by atoms with Crippen LogP contribution in [0.1, 0.15) is 24.9 Å². The SMILES string of the molecule is CC(=O)NC(CC(=O)OCC(=O)N1CCN(c2ccc(F)cc2)CC1)c1ccc(Cl)cc1. The van der Waals surface area contributed by atoms with Crippen LogP contribution < -0.4 is 10.2 Å². The Morgan fingerprint density at radius 1 is 1.03 bits per heavy atom. The van der Waals surface area contributed by atoms with Crippen molar-refractivity contribution in [2.24, 2.45) is 0 Å². The van der Waals surface area contributed by atoms with Crippen LogP contribution >= 0.6 is 11.6 Å². The fourth-order valence-corrected chi connectivity index (χ4v) is 3.64. The number of rotatable bonds is 7. The van der Waals surface area contributed by atoms with Gasteiger partial charge in [-0.2, -0.15) is 0 Å². The van der Waals surface area contributed by atoms with E-state index >= 15 is 0 Å². The summed E-state index contributed by atoms with van der Waals surface area (Å²) >= 11 is 5.90. The van der Waals surface area contributed by atoms with Crippen LogP contribution in [0.25, 0.3) is 0 Å². The van der Waals surface area contributed by atoms with Crippen LogP contribution in [0.5, 0.6) is 0 Å². The number of carbonyl (C=O) groups excluding carboxylic acids is 3. The second kappa shape index (κ2) is 10.9. The zero-order chi connectivity index (χ0) is 23.1. The van der Waals surface area contributed by atoms with E-state index in [9.17, 15) is 18.8 Å². The number of ether oxygens (including phenoxy) is 1. The predicted molar refractivity (Wildman–Crippen MR) is 119 cm³/mol. The summed E-state index contributed by atoms with van der Waals surface area (Å²) in [4.78, 5) is 40.0. The number of halogens is 2. The monoisotopic (exact) mass is 461 g/mol. The van der Waals surface area contributed by atoms with Gasteiger partial charge in [-0.25, -0.2) is 4.39 Å². The minimum Gasteiger partial charge on any atom is -0.455 e. The maximum atomic E-state index is 13.1. The van der Waals surface area contributed by atoms with Crippen LogP contribution in [0.2, 0.25) is 5.02 Å². The van der Waals surface area contributed by atoms with Gasteiger partial charge in [-0.1, -0.05) is 23.7 Å². The number of hydrogen-bond acceptors (Lipinski definition) is 5. The molecule has 0 spiro atoms. The summed E-state index contributed by atoms with van der Waals surface area (Å²) in [5.74, 6) is -1.44. The Morgan fingerprint density at radius 3 is 2.25 bits per heavy atom. The number of benzene rings is 2. The minimum absolute atomic E-state index is 0.104. The van der Waals surface area contributed by atoms with Crippen molar-refractivity contribution in [1.29, 1.82) is 0 Å². The molecule has 0 saturated carbocycles. The third kappa shape index (κ3) is 6.68. The van der Waals surface area contributed by atoms with E-state index in [0.717, 1.165) is 5.69 Å². The van der Waals surface area contributed by atoms with Gasteiger partial charge >= 0.3 is 5.97 Å². The van der Waals surface area contributed by atoms with Crippen LogP contribution in [0, 0.1) is 5.82 Å². The first-order valence-electron chi connectivity index (χ1n) is 10.3. The molecule has 1 N–H and O–H groups in total. The molecule has 3 rings (SSSR count). The number of carbonyl (C=O) groups is 3. The Morgan fingerprint density at radius 2 is 1.66 bits per heavy atom. The molecule has 1 atom stereocenters. The first kappa shape index (κ1) is 23.5. The van der Waals surface area contributed by atoms with E-state index in [1.807, 2.05) is 0 Å². The molecule has 170 valence electrons. The first-order valence-corrected chi connectivity index (χ1v) is 10.7. The standard InChI is InChI=1S/C23H25ClFN3O4/c1-16(29)26-21(17-2-4-18(24)5-3-17)14-23(31)32-15-22(30)28-12-10-27(11-13-28)20-8-6-19(25)7-9-20/h2-9,21H,10-15H2,1H3,(H,26,29). The lowest BCUT2D eigenvalue weighted by Crippen LogP contribution is -2.50. The van der Waals surface area contributed by atoms with E-state index < -0.39 is 12.0 Å². The number of nitrogens with one attached hydrogen (secondary N) is 1. The number of piperazine rings is 1. The molecule has 2 aromatic carbocycles. The average molecular weight is 462 g/mol. The molecule has 9 heteroatoms. The number of esters is 1. The Balaban J connectivity index is 1.47. The van der Waals surface area contributed by atoms with Crippen molar-refractivity contribution in [1.82, 2.24) is 10.2 Å². The normalized spacial score (nSPS) is 14.6. The van der Waals surface area contributed by atoms with E-state index in [1.165, 1.54) is 19.1 Å². The van der Waals surface area contributed by atoms with Gasteiger partial charge in [0.1, 0.15) is 5.82 Å². The minimum atomic E-state index is -0.586. The zero-order valence-corrected chi connectivity index (χ0v) is 18.5. The topological polar surface area (TPSA) is 78.9 Å². The second-order valence-corrected chi connectivity index (χ2v) is 7.95. The maximum absolute atomic E-state index is 13.1. The van der Waals surface area contributed by atoms with E-state index in [2.05, 4.69) is 10.2 Å². The van der Waals surface area contributed by atoms with Crippen molar-refractivity contribution in [2.75, 3.05) is 37.7 Å². The van der Waals surface area contributed by atoms with Crippen molar-refractivity contribution in [2.45, 2.75) is 19.4 Å². The molecule has 32 heavy (non-hydrogen) atoms. The molecule has 2 aromatic rings. The van der Waals surface area contributed by atoms with Crippen LogP contribution in [0.3, 0.4) is 0 Å². The Bertz CT molecular complexity index is 945. The highest BCUT2D eigenvalue weighted by Crippen LogP contribution is 2.20. The molecular weight excluding hydrogens is 437 g/mol. The van der Waals surface area contributed by atoms with Gasteiger partial charge in [-0.3, -0.25) is 14.4 Å². The molecule has 0 bridgehead atoms. The number of anilines is 1. The summed E-state index contributed by atoms with van der Waals surface area (Å²) in [7, 11) is 0. The fraction of sp³-hybridized carbons (Fsp3) is 0.348. The molecule has 1 unspecified atom stereocenters. The smallest absolute Gasteiger partial charge is 0.308 e. The van der Waals surface area contributed by atoms with Gasteiger partial charge in [0.05, 0.1) is 12.5 Å². The third-order valence-corrected chi connectivity index (χ3v) is 5.45. The summed E-state index contributed by atoms with van der Waals surface area (Å²) in [6, 6.07) is 12.4. The van der Waals surface area contributed by atoms with Crippen LogP contribution in [-0.4, -0.2) is 55.5 Å². The van der Waals surface area contributed by atoms with E-state index in [0.29, 0.717) is 36.8 Å². The van der Waals surface area contributed by atoms with Crippen molar-refractivity contribution in [3.05, 3.63) is 64.9 Å². The number of amides is 2. The predicted octanol–water partition coefficient (Wildman–Crippen LogP) is 2.94. The molecule has 7 nitrogen and oxygen atoms in total. The van der Waals surface area contributed by atoms with Crippen LogP contribution in [0.4, 0.5) is 10.1 Å². The van der Waals surface area contributed by atoms with Gasteiger partial charge < -0.3 is 19.9 Å². The van der Waals surface area contributed by atoms with Crippen molar-refractivity contribution in [3.8, 4) is 0 Å². The maximum Gasteiger partial charge on any atom is 0.308 e. The molecule has 1 aliphatic heterocycles. The van der Waals surface area contributed by atoms with Crippen molar-refractivity contribution in [3.63, 3.8) is 0 Å². The quantitative estimate of drug-likeness (QED) is 0.641. The largest absolute Gasteiger partial charge is 0.455 e. The Hall–Kier alpha value is -3.13. The second-order valence-electron chi connectivity index (χ2n) is 7.51. The van der Waals surface area contributed by atoms with Crippen LogP contribution in [-0.2, 0) is 19.1 Å². The van der Waals surface area contributed by atoms with Gasteiger partial charge in [0.15, 0.2) is 6.61 Å². The molecular formula is C23H25ClFN3O4. The zero-order valence-electron chi connectivity index (χ0n) is 17.7. The van der Waals surface area contributed by atoms with Gasteiger partial charge in [-0.05, 0) is 42.0 Å². The van der Waals surface area contributed by atoms with Gasteiger partial charge in [0.2, 0.25) is 5.91 Å². The van der Waals surface area contributed by atoms with Gasteiger partial charge in [0.25, 0.3) is 5.91 Å². The third-order valence-electron chi connectivity index (χ3n) is 5.20. The molecule has 1 heterocycles. The average Bonchev–Trinajstić information content (AvgIpc) is 2.78. The Kier molecular flexibility index (Phi) is 8.05. The fourth-order valence-electron chi connectivity index (χ4n) is 3.52. The van der Waals surface area contributed by atoms with E-state index in [1.54, 1.807) is 41.3 Å². The summed E-state index contributed by atoms with van der Waals surface area (Å²) in [5, 5.41) is 3.26. The lowest BCUT2D eigenvalue weighted by molar-refractivity contribution is -0.152.